The Morgan fingerprint density at radius 3 is 3.08 bits per heavy atom. The van der Waals surface area contributed by atoms with Gasteiger partial charge in [-0.15, -0.1) is 0 Å². The first-order chi connectivity index (χ1) is 5.77. The number of fused-ring (bicyclic) bond motifs is 2. The molecular formula is C10H15NO. The highest BCUT2D eigenvalue weighted by molar-refractivity contribution is 5.94. The van der Waals surface area contributed by atoms with Crippen molar-refractivity contribution in [3.8, 4) is 0 Å². The third-order valence-corrected chi connectivity index (χ3v) is 2.90. The van der Waals surface area contributed by atoms with Gasteiger partial charge in [-0.25, -0.2) is 0 Å². The van der Waals surface area contributed by atoms with Crippen molar-refractivity contribution in [2.75, 3.05) is 0 Å². The average Bonchev–Trinajstić information content (AvgIpc) is 2.30. The normalized spacial score (nSPS) is 34.2. The van der Waals surface area contributed by atoms with Gasteiger partial charge in [0.05, 0.1) is 0 Å². The molecule has 2 nitrogen and oxygen atoms in total. The molecule has 0 amide bonds. The minimum absolute atomic E-state index is 0.245. The molecule has 0 aromatic rings. The van der Waals surface area contributed by atoms with Gasteiger partial charge in [-0.1, -0.05) is 6.08 Å². The average molecular weight is 165 g/mol. The Bertz CT molecular complexity index is 232. The molecule has 0 spiro atoms. The molecule has 2 heteroatoms. The van der Waals surface area contributed by atoms with E-state index in [-0.39, 0.29) is 5.78 Å². The van der Waals surface area contributed by atoms with E-state index in [1.54, 1.807) is 6.92 Å². The van der Waals surface area contributed by atoms with Crippen molar-refractivity contribution in [3.05, 3.63) is 11.6 Å². The molecule has 0 aromatic carbocycles. The lowest BCUT2D eigenvalue weighted by Crippen LogP contribution is -2.30. The minimum atomic E-state index is 0.245. The summed E-state index contributed by atoms with van der Waals surface area (Å²) in [7, 11) is 0. The summed E-state index contributed by atoms with van der Waals surface area (Å²) in [6.45, 7) is 1.67. The van der Waals surface area contributed by atoms with E-state index in [1.807, 2.05) is 0 Å². The van der Waals surface area contributed by atoms with Crippen LogP contribution in [-0.2, 0) is 4.79 Å². The topological polar surface area (TPSA) is 29.1 Å². The van der Waals surface area contributed by atoms with Gasteiger partial charge in [-0.2, -0.15) is 0 Å². The van der Waals surface area contributed by atoms with Gasteiger partial charge in [-0.05, 0) is 32.6 Å². The highest BCUT2D eigenvalue weighted by Gasteiger charge is 2.29. The Labute approximate surface area is 73.0 Å². The number of allylic oxidation sites excluding steroid dienone is 1. The lowest BCUT2D eigenvalue weighted by Gasteiger charge is -2.11. The number of hydrogen-bond acceptors (Lipinski definition) is 2. The second-order valence-corrected chi connectivity index (χ2v) is 3.79. The van der Waals surface area contributed by atoms with Crippen LogP contribution in [0, 0.1) is 0 Å². The van der Waals surface area contributed by atoms with E-state index in [0.29, 0.717) is 12.1 Å². The smallest absolute Gasteiger partial charge is 0.157 e. The standard InChI is InChI=1S/C10H15NO/c1-7(12)9-4-2-3-8-5-6-10(9)11-8/h4,8,10-11H,2-3,5-6H2,1H3/t8-,10-/m0/s1. The maximum absolute atomic E-state index is 11.2. The van der Waals surface area contributed by atoms with Gasteiger partial charge < -0.3 is 5.32 Å². The van der Waals surface area contributed by atoms with Crippen LogP contribution in [0.3, 0.4) is 0 Å². The zero-order valence-corrected chi connectivity index (χ0v) is 7.47. The van der Waals surface area contributed by atoms with Crippen LogP contribution in [0.4, 0.5) is 0 Å². The fourth-order valence-electron chi connectivity index (χ4n) is 2.26. The maximum atomic E-state index is 11.2. The van der Waals surface area contributed by atoms with Crippen molar-refractivity contribution in [1.82, 2.24) is 5.32 Å². The van der Waals surface area contributed by atoms with Gasteiger partial charge in [0.15, 0.2) is 5.78 Å². The lowest BCUT2D eigenvalue weighted by atomic mass is 9.98. The molecule has 66 valence electrons. The Morgan fingerprint density at radius 2 is 2.33 bits per heavy atom. The molecule has 0 aliphatic carbocycles. The summed E-state index contributed by atoms with van der Waals surface area (Å²) in [6.07, 6.45) is 6.79. The number of rotatable bonds is 1. The third-order valence-electron chi connectivity index (χ3n) is 2.90. The number of Topliss-reactive ketones (excluding diaryl/α,β-unsaturated/α-hetero) is 1. The van der Waals surface area contributed by atoms with E-state index in [9.17, 15) is 4.79 Å². The van der Waals surface area contributed by atoms with Crippen molar-refractivity contribution < 1.29 is 4.79 Å². The quantitative estimate of drug-likeness (QED) is 0.636. The van der Waals surface area contributed by atoms with E-state index in [2.05, 4.69) is 11.4 Å². The van der Waals surface area contributed by atoms with Crippen molar-refractivity contribution in [3.63, 3.8) is 0 Å². The third kappa shape index (κ3) is 1.31. The fourth-order valence-corrected chi connectivity index (χ4v) is 2.26. The van der Waals surface area contributed by atoms with Crippen LogP contribution in [0.5, 0.6) is 0 Å². The molecule has 2 rings (SSSR count). The number of carbonyl (C=O) groups excluding carboxylic acids is 1. The summed E-state index contributed by atoms with van der Waals surface area (Å²) in [5, 5.41) is 3.50. The first-order valence-electron chi connectivity index (χ1n) is 4.74. The molecule has 2 atom stereocenters. The highest BCUT2D eigenvalue weighted by atomic mass is 16.1. The molecule has 0 unspecified atom stereocenters. The van der Waals surface area contributed by atoms with Gasteiger partial charge in [-0.3, -0.25) is 4.79 Å². The number of carbonyl (C=O) groups is 1. The summed E-state index contributed by atoms with van der Waals surface area (Å²) in [5.74, 6) is 0.245. The molecule has 12 heavy (non-hydrogen) atoms. The molecular weight excluding hydrogens is 150 g/mol. The van der Waals surface area contributed by atoms with Crippen molar-refractivity contribution in [2.24, 2.45) is 0 Å². The van der Waals surface area contributed by atoms with Crippen LogP contribution in [0.25, 0.3) is 0 Å². The number of nitrogens with one attached hydrogen (secondary N) is 1. The van der Waals surface area contributed by atoms with Crippen LogP contribution < -0.4 is 5.32 Å². The molecule has 1 N–H and O–H groups in total. The largest absolute Gasteiger partial charge is 0.307 e. The predicted octanol–water partition coefficient (Wildman–Crippen LogP) is 1.42. The SMILES string of the molecule is CC(=O)C1=CCC[C@H]2CC[C@@H]1N2. The highest BCUT2D eigenvalue weighted by Crippen LogP contribution is 2.26. The van der Waals surface area contributed by atoms with E-state index < -0.39 is 0 Å². The molecule has 2 aliphatic heterocycles. The molecule has 0 saturated carbocycles. The molecule has 0 aromatic heterocycles. The first-order valence-corrected chi connectivity index (χ1v) is 4.74. The van der Waals surface area contributed by atoms with Gasteiger partial charge in [0.1, 0.15) is 0 Å². The van der Waals surface area contributed by atoms with Crippen LogP contribution in [-0.4, -0.2) is 17.9 Å². The van der Waals surface area contributed by atoms with E-state index in [0.717, 1.165) is 18.4 Å². The lowest BCUT2D eigenvalue weighted by molar-refractivity contribution is -0.113. The first kappa shape index (κ1) is 7.99. The predicted molar refractivity (Wildman–Crippen MR) is 47.9 cm³/mol. The zero-order chi connectivity index (χ0) is 8.55. The summed E-state index contributed by atoms with van der Waals surface area (Å²) in [6, 6.07) is 1.04. The molecule has 1 fully saturated rings. The van der Waals surface area contributed by atoms with Crippen molar-refractivity contribution >= 4 is 5.78 Å². The zero-order valence-electron chi connectivity index (χ0n) is 7.47. The summed E-state index contributed by atoms with van der Waals surface area (Å²) in [5.41, 5.74) is 1.02. The maximum Gasteiger partial charge on any atom is 0.157 e. The van der Waals surface area contributed by atoms with Gasteiger partial charge in [0.25, 0.3) is 0 Å². The molecule has 2 aliphatic rings. The van der Waals surface area contributed by atoms with E-state index >= 15 is 0 Å². The monoisotopic (exact) mass is 165 g/mol. The second kappa shape index (κ2) is 3.02. The van der Waals surface area contributed by atoms with Crippen LogP contribution in [0.15, 0.2) is 11.6 Å². The van der Waals surface area contributed by atoms with Crippen molar-refractivity contribution in [1.29, 1.82) is 0 Å². The van der Waals surface area contributed by atoms with Crippen LogP contribution in [0.2, 0.25) is 0 Å². The Kier molecular flexibility index (Phi) is 2.01. The fraction of sp³-hybridized carbons (Fsp3) is 0.700. The van der Waals surface area contributed by atoms with E-state index in [4.69, 9.17) is 0 Å². The summed E-state index contributed by atoms with van der Waals surface area (Å²) < 4.78 is 0. The summed E-state index contributed by atoms with van der Waals surface area (Å²) in [4.78, 5) is 11.2. The molecule has 0 radical (unpaired) electrons. The van der Waals surface area contributed by atoms with E-state index in [1.165, 1.54) is 12.8 Å². The van der Waals surface area contributed by atoms with Gasteiger partial charge in [0, 0.05) is 17.7 Å². The van der Waals surface area contributed by atoms with Crippen LogP contribution in [0.1, 0.15) is 32.6 Å². The van der Waals surface area contributed by atoms with Crippen molar-refractivity contribution in [2.45, 2.75) is 44.7 Å². The molecule has 2 heterocycles. The second-order valence-electron chi connectivity index (χ2n) is 3.79. The molecule has 2 bridgehead atoms. The Hall–Kier alpha value is -0.630. The minimum Gasteiger partial charge on any atom is -0.307 e. The summed E-state index contributed by atoms with van der Waals surface area (Å²) >= 11 is 0. The Morgan fingerprint density at radius 1 is 1.50 bits per heavy atom. The Balaban J connectivity index is 2.20. The van der Waals surface area contributed by atoms with Gasteiger partial charge in [0.2, 0.25) is 0 Å². The van der Waals surface area contributed by atoms with Gasteiger partial charge >= 0.3 is 0 Å². The number of hydrogen-bond donors (Lipinski definition) is 1. The molecule has 1 saturated heterocycles. The van der Waals surface area contributed by atoms with Crippen LogP contribution >= 0.6 is 0 Å². The number of ketones is 1.